The smallest absolute Gasteiger partial charge is 0.312 e. The minimum absolute atomic E-state index is 0.103. The van der Waals surface area contributed by atoms with Crippen LogP contribution >= 0.6 is 0 Å². The molecule has 6 nitrogen and oxygen atoms in total. The molecule has 3 rings (SSSR count). The molecule has 1 aromatic carbocycles. The zero-order valence-corrected chi connectivity index (χ0v) is 12.0. The van der Waals surface area contributed by atoms with Crippen LogP contribution < -0.4 is 4.74 Å². The van der Waals surface area contributed by atoms with Gasteiger partial charge in [0.05, 0.1) is 17.9 Å². The van der Waals surface area contributed by atoms with Gasteiger partial charge in [-0.1, -0.05) is 6.07 Å². The fourth-order valence-electron chi connectivity index (χ4n) is 3.62. The number of halogens is 1. The minimum Gasteiger partial charge on any atom is -0.496 e. The number of hydrogen-bond donors (Lipinski definition) is 2. The van der Waals surface area contributed by atoms with E-state index in [1.54, 1.807) is 11.0 Å². The number of carbonyl (C=O) groups is 2. The molecule has 2 aliphatic rings. The maximum Gasteiger partial charge on any atom is 0.312 e. The Labute approximate surface area is 126 Å². The number of carboxylic acid groups (broad SMARTS) is 2. The lowest BCUT2D eigenvalue weighted by Crippen LogP contribution is -2.28. The Bertz CT molecular complexity index is 635. The van der Waals surface area contributed by atoms with Gasteiger partial charge in [0, 0.05) is 25.2 Å². The Morgan fingerprint density at radius 1 is 1.27 bits per heavy atom. The lowest BCUT2D eigenvalue weighted by molar-refractivity contribution is -0.151. The molecule has 1 aromatic rings. The zero-order valence-electron chi connectivity index (χ0n) is 12.0. The monoisotopic (exact) mass is 309 g/mol. The van der Waals surface area contributed by atoms with E-state index in [0.29, 0.717) is 11.3 Å². The summed E-state index contributed by atoms with van der Waals surface area (Å²) in [6, 6.07) is 4.44. The number of fused-ring (bicyclic) bond motifs is 1. The van der Waals surface area contributed by atoms with Crippen LogP contribution in [0.5, 0.6) is 5.75 Å². The van der Waals surface area contributed by atoms with Crippen molar-refractivity contribution in [2.24, 2.45) is 10.8 Å². The van der Waals surface area contributed by atoms with Crippen molar-refractivity contribution in [2.45, 2.75) is 13.0 Å². The van der Waals surface area contributed by atoms with Gasteiger partial charge in [-0.25, -0.2) is 4.39 Å². The van der Waals surface area contributed by atoms with Crippen LogP contribution in [0.2, 0.25) is 0 Å². The quantitative estimate of drug-likeness (QED) is 0.850. The number of likely N-dealkylation sites (tertiary alicyclic amines) is 1. The summed E-state index contributed by atoms with van der Waals surface area (Å²) in [5.41, 5.74) is -2.19. The van der Waals surface area contributed by atoms with E-state index in [1.807, 2.05) is 0 Å². The minimum atomic E-state index is -1.25. The standard InChI is InChI=1S/C15H16FNO5/c1-22-11-4-2-3-10(16)9(11)5-17-7-14(12(18)19)6-15(14,8-17)13(20)21/h2-4H,5-8H2,1H3,(H,18,19)(H,20,21)/t14-,15+. The molecule has 0 amide bonds. The molecule has 1 saturated carbocycles. The first kappa shape index (κ1) is 14.8. The molecule has 0 unspecified atom stereocenters. The highest BCUT2D eigenvalue weighted by molar-refractivity contribution is 5.94. The van der Waals surface area contributed by atoms with Crippen molar-refractivity contribution in [3.05, 3.63) is 29.6 Å². The first-order valence-electron chi connectivity index (χ1n) is 6.87. The van der Waals surface area contributed by atoms with E-state index in [4.69, 9.17) is 4.74 Å². The Hall–Kier alpha value is -2.15. The summed E-state index contributed by atoms with van der Waals surface area (Å²) in [6.07, 6.45) is 0.134. The largest absolute Gasteiger partial charge is 0.496 e. The van der Waals surface area contributed by atoms with Crippen molar-refractivity contribution < 1.29 is 28.9 Å². The molecule has 1 saturated heterocycles. The number of nitrogens with zero attached hydrogens (tertiary/aromatic N) is 1. The van der Waals surface area contributed by atoms with Crippen molar-refractivity contribution in [2.75, 3.05) is 20.2 Å². The van der Waals surface area contributed by atoms with Gasteiger partial charge in [-0.3, -0.25) is 14.5 Å². The lowest BCUT2D eigenvalue weighted by Gasteiger charge is -2.21. The van der Waals surface area contributed by atoms with E-state index in [1.165, 1.54) is 19.2 Å². The van der Waals surface area contributed by atoms with Crippen molar-refractivity contribution in [3.63, 3.8) is 0 Å². The maximum absolute atomic E-state index is 14.0. The summed E-state index contributed by atoms with van der Waals surface area (Å²) in [5, 5.41) is 18.8. The number of piperidine rings is 1. The number of ether oxygens (including phenoxy) is 1. The molecule has 118 valence electrons. The second kappa shape index (κ2) is 4.67. The third-order valence-electron chi connectivity index (χ3n) is 4.88. The number of hydrogen-bond acceptors (Lipinski definition) is 4. The van der Waals surface area contributed by atoms with Crippen LogP contribution in [0.1, 0.15) is 12.0 Å². The number of carboxylic acids is 2. The molecule has 1 heterocycles. The molecule has 0 bridgehead atoms. The molecule has 1 aliphatic carbocycles. The van der Waals surface area contributed by atoms with E-state index in [-0.39, 0.29) is 26.1 Å². The van der Waals surface area contributed by atoms with Gasteiger partial charge in [-0.2, -0.15) is 0 Å². The van der Waals surface area contributed by atoms with Crippen LogP contribution in [0.25, 0.3) is 0 Å². The second-order valence-corrected chi connectivity index (χ2v) is 6.02. The molecule has 0 radical (unpaired) electrons. The SMILES string of the molecule is COc1cccc(F)c1CN1C[C@@]2(C(=O)O)C[C@@]2(C(=O)O)C1. The van der Waals surface area contributed by atoms with Crippen LogP contribution in [0, 0.1) is 16.6 Å². The molecule has 2 N–H and O–H groups in total. The van der Waals surface area contributed by atoms with Gasteiger partial charge in [-0.05, 0) is 18.6 Å². The fourth-order valence-corrected chi connectivity index (χ4v) is 3.62. The fraction of sp³-hybridized carbons (Fsp3) is 0.467. The predicted molar refractivity (Wildman–Crippen MR) is 73.0 cm³/mol. The normalized spacial score (nSPS) is 29.9. The molecule has 1 aliphatic heterocycles. The van der Waals surface area contributed by atoms with Crippen LogP contribution in [-0.2, 0) is 16.1 Å². The maximum atomic E-state index is 14.0. The highest BCUT2D eigenvalue weighted by Crippen LogP contribution is 2.68. The second-order valence-electron chi connectivity index (χ2n) is 6.02. The van der Waals surface area contributed by atoms with Crippen molar-refractivity contribution in [3.8, 4) is 5.75 Å². The van der Waals surface area contributed by atoms with Gasteiger partial charge in [0.25, 0.3) is 0 Å². The van der Waals surface area contributed by atoms with E-state index < -0.39 is 28.6 Å². The van der Waals surface area contributed by atoms with E-state index in [0.717, 1.165) is 0 Å². The van der Waals surface area contributed by atoms with Crippen LogP contribution in [-0.4, -0.2) is 47.3 Å². The van der Waals surface area contributed by atoms with Crippen LogP contribution in [0.4, 0.5) is 4.39 Å². The number of aliphatic carboxylic acids is 2. The molecule has 0 spiro atoms. The highest BCUT2D eigenvalue weighted by Gasteiger charge is 2.80. The van der Waals surface area contributed by atoms with Crippen LogP contribution in [0.3, 0.4) is 0 Å². The summed E-state index contributed by atoms with van der Waals surface area (Å²) in [7, 11) is 1.43. The average Bonchev–Trinajstić information content (AvgIpc) is 3.01. The molecule has 2 fully saturated rings. The Balaban J connectivity index is 1.86. The van der Waals surface area contributed by atoms with E-state index >= 15 is 0 Å². The summed E-state index contributed by atoms with van der Waals surface area (Å²) < 4.78 is 19.1. The van der Waals surface area contributed by atoms with Crippen molar-refractivity contribution in [1.29, 1.82) is 0 Å². The summed E-state index contributed by atoms with van der Waals surface area (Å²) >= 11 is 0. The van der Waals surface area contributed by atoms with E-state index in [2.05, 4.69) is 0 Å². The number of methoxy groups -OCH3 is 1. The lowest BCUT2D eigenvalue weighted by atomic mass is 9.97. The topological polar surface area (TPSA) is 87.1 Å². The van der Waals surface area contributed by atoms with Crippen molar-refractivity contribution >= 4 is 11.9 Å². The summed E-state index contributed by atoms with van der Waals surface area (Å²) in [4.78, 5) is 24.6. The van der Waals surface area contributed by atoms with Crippen LogP contribution in [0.15, 0.2) is 18.2 Å². The molecular weight excluding hydrogens is 293 g/mol. The van der Waals surface area contributed by atoms with Gasteiger partial charge in [0.1, 0.15) is 11.6 Å². The Morgan fingerprint density at radius 2 is 1.86 bits per heavy atom. The molecule has 2 atom stereocenters. The van der Waals surface area contributed by atoms with Gasteiger partial charge >= 0.3 is 11.9 Å². The Morgan fingerprint density at radius 3 is 2.36 bits per heavy atom. The average molecular weight is 309 g/mol. The number of rotatable bonds is 5. The Kier molecular flexibility index (Phi) is 3.14. The molecule has 22 heavy (non-hydrogen) atoms. The predicted octanol–water partition coefficient (Wildman–Crippen LogP) is 1.20. The summed E-state index contributed by atoms with van der Waals surface area (Å²) in [5.74, 6) is -2.28. The van der Waals surface area contributed by atoms with Gasteiger partial charge in [0.15, 0.2) is 0 Å². The summed E-state index contributed by atoms with van der Waals surface area (Å²) in [6.45, 7) is 0.331. The van der Waals surface area contributed by atoms with E-state index in [9.17, 15) is 24.2 Å². The van der Waals surface area contributed by atoms with Gasteiger partial charge < -0.3 is 14.9 Å². The molecular formula is C15H16FNO5. The molecule has 0 aromatic heterocycles. The van der Waals surface area contributed by atoms with Gasteiger partial charge in [0.2, 0.25) is 0 Å². The first-order chi connectivity index (χ1) is 10.4. The van der Waals surface area contributed by atoms with Gasteiger partial charge in [-0.15, -0.1) is 0 Å². The number of benzene rings is 1. The highest BCUT2D eigenvalue weighted by atomic mass is 19.1. The molecule has 7 heteroatoms. The van der Waals surface area contributed by atoms with Crippen molar-refractivity contribution in [1.82, 2.24) is 4.90 Å². The first-order valence-corrected chi connectivity index (χ1v) is 6.87. The third-order valence-corrected chi connectivity index (χ3v) is 4.88. The zero-order chi connectivity index (χ0) is 16.1. The third kappa shape index (κ3) is 1.81.